The second-order valence-corrected chi connectivity index (χ2v) is 5.05. The maximum absolute atomic E-state index is 3.63. The van der Waals surface area contributed by atoms with Crippen LogP contribution in [0.15, 0.2) is 28.7 Å². The molecular weight excluding hydrogens is 273 g/mol. The molecule has 1 heterocycles. The lowest BCUT2D eigenvalue weighted by atomic mass is 9.84. The van der Waals surface area contributed by atoms with Crippen LogP contribution in [0.2, 0.25) is 0 Å². The summed E-state index contributed by atoms with van der Waals surface area (Å²) >= 11 is 3.63. The monoisotopic (exact) mass is 289 g/mol. The molecule has 0 aliphatic carbocycles. The maximum Gasteiger partial charge on any atom is 0.0417 e. The largest absolute Gasteiger partial charge is 0.308 e. The summed E-state index contributed by atoms with van der Waals surface area (Å²) in [4.78, 5) is 0. The third kappa shape index (κ3) is 2.74. The predicted molar refractivity (Wildman–Crippen MR) is 70.6 cm³/mol. The lowest BCUT2D eigenvalue weighted by Gasteiger charge is -2.36. The highest BCUT2D eigenvalue weighted by Gasteiger charge is 2.29. The predicted octanol–water partition coefficient (Wildman–Crippen LogP) is 3.86. The minimum Gasteiger partial charge on any atom is -0.308 e. The average molecular weight is 291 g/mol. The Kier molecular flexibility index (Phi) is 4.63. The Morgan fingerprint density at radius 2 is 2.00 bits per heavy atom. The fraction of sp³-hybridized carbons (Fsp3) is 0.500. The SMILES string of the molecule is CC1(c2ccccc2Br)CCCCN1.Cl. The zero-order chi connectivity index (χ0) is 10.0. The van der Waals surface area contributed by atoms with Crippen LogP contribution in [0.4, 0.5) is 0 Å². The fourth-order valence-corrected chi connectivity index (χ4v) is 2.92. The van der Waals surface area contributed by atoms with Crippen LogP contribution < -0.4 is 5.32 Å². The fourth-order valence-electron chi connectivity index (χ4n) is 2.19. The summed E-state index contributed by atoms with van der Waals surface area (Å²) in [5.74, 6) is 0. The van der Waals surface area contributed by atoms with Gasteiger partial charge in [0.1, 0.15) is 0 Å². The molecule has 15 heavy (non-hydrogen) atoms. The Morgan fingerprint density at radius 3 is 2.60 bits per heavy atom. The van der Waals surface area contributed by atoms with Crippen LogP contribution in [0.25, 0.3) is 0 Å². The van der Waals surface area contributed by atoms with Gasteiger partial charge in [0.15, 0.2) is 0 Å². The molecule has 0 bridgehead atoms. The summed E-state index contributed by atoms with van der Waals surface area (Å²) in [7, 11) is 0. The molecular formula is C12H17BrClN. The highest BCUT2D eigenvalue weighted by atomic mass is 79.9. The minimum absolute atomic E-state index is 0. The third-order valence-electron chi connectivity index (χ3n) is 3.09. The second kappa shape index (κ2) is 5.33. The van der Waals surface area contributed by atoms with Crippen LogP contribution in [0.1, 0.15) is 31.7 Å². The van der Waals surface area contributed by atoms with Gasteiger partial charge in [-0.25, -0.2) is 0 Å². The second-order valence-electron chi connectivity index (χ2n) is 4.20. The normalized spacial score (nSPS) is 25.7. The van der Waals surface area contributed by atoms with Crippen molar-refractivity contribution >= 4 is 28.3 Å². The lowest BCUT2D eigenvalue weighted by Crippen LogP contribution is -2.43. The highest BCUT2D eigenvalue weighted by molar-refractivity contribution is 9.10. The summed E-state index contributed by atoms with van der Waals surface area (Å²) in [5.41, 5.74) is 1.55. The zero-order valence-electron chi connectivity index (χ0n) is 8.92. The molecule has 1 aliphatic heterocycles. The van der Waals surface area contributed by atoms with E-state index in [1.165, 1.54) is 29.3 Å². The van der Waals surface area contributed by atoms with Gasteiger partial charge in [-0.1, -0.05) is 40.5 Å². The van der Waals surface area contributed by atoms with Crippen LogP contribution in [0, 0.1) is 0 Å². The van der Waals surface area contributed by atoms with Crippen LogP contribution in [-0.2, 0) is 5.54 Å². The zero-order valence-corrected chi connectivity index (χ0v) is 11.3. The standard InChI is InChI=1S/C12H16BrN.ClH/c1-12(8-4-5-9-14-12)10-6-2-3-7-11(10)13;/h2-3,6-7,14H,4-5,8-9H2,1H3;1H. The first-order chi connectivity index (χ1) is 6.72. The maximum atomic E-state index is 3.63. The summed E-state index contributed by atoms with van der Waals surface area (Å²) in [6.45, 7) is 3.43. The summed E-state index contributed by atoms with van der Waals surface area (Å²) < 4.78 is 1.22. The summed E-state index contributed by atoms with van der Waals surface area (Å²) in [6.07, 6.45) is 3.86. The molecule has 0 radical (unpaired) electrons. The number of piperidine rings is 1. The molecule has 1 fully saturated rings. The number of nitrogens with one attached hydrogen (secondary N) is 1. The number of hydrogen-bond acceptors (Lipinski definition) is 1. The van der Waals surface area contributed by atoms with Crippen molar-refractivity contribution in [2.75, 3.05) is 6.54 Å². The quantitative estimate of drug-likeness (QED) is 0.828. The van der Waals surface area contributed by atoms with Crippen molar-refractivity contribution in [3.8, 4) is 0 Å². The van der Waals surface area contributed by atoms with Gasteiger partial charge in [-0.2, -0.15) is 0 Å². The van der Waals surface area contributed by atoms with E-state index in [0.29, 0.717) is 0 Å². The van der Waals surface area contributed by atoms with Crippen molar-refractivity contribution in [2.24, 2.45) is 0 Å². The summed E-state index contributed by atoms with van der Waals surface area (Å²) in [5, 5.41) is 3.62. The van der Waals surface area contributed by atoms with E-state index in [9.17, 15) is 0 Å². The molecule has 3 heteroatoms. The molecule has 1 atom stereocenters. The molecule has 0 amide bonds. The lowest BCUT2D eigenvalue weighted by molar-refractivity contribution is 0.282. The molecule has 2 rings (SSSR count). The number of benzene rings is 1. The third-order valence-corrected chi connectivity index (χ3v) is 3.78. The first-order valence-corrected chi connectivity index (χ1v) is 6.02. The van der Waals surface area contributed by atoms with Crippen molar-refractivity contribution in [1.29, 1.82) is 0 Å². The Bertz CT molecular complexity index is 321. The van der Waals surface area contributed by atoms with Crippen molar-refractivity contribution < 1.29 is 0 Å². The molecule has 1 aromatic rings. The molecule has 1 saturated heterocycles. The van der Waals surface area contributed by atoms with Gasteiger partial charge in [0, 0.05) is 10.0 Å². The van der Waals surface area contributed by atoms with E-state index in [-0.39, 0.29) is 17.9 Å². The van der Waals surface area contributed by atoms with E-state index in [1.54, 1.807) is 0 Å². The Morgan fingerprint density at radius 1 is 1.27 bits per heavy atom. The van der Waals surface area contributed by atoms with E-state index < -0.39 is 0 Å². The van der Waals surface area contributed by atoms with Crippen LogP contribution in [0.3, 0.4) is 0 Å². The van der Waals surface area contributed by atoms with Gasteiger partial charge >= 0.3 is 0 Å². The highest BCUT2D eigenvalue weighted by Crippen LogP contribution is 2.34. The van der Waals surface area contributed by atoms with E-state index in [2.05, 4.69) is 52.4 Å². The Labute approximate surface area is 106 Å². The van der Waals surface area contributed by atoms with Gasteiger partial charge in [0.25, 0.3) is 0 Å². The molecule has 1 nitrogen and oxygen atoms in total. The number of rotatable bonds is 1. The average Bonchev–Trinajstić information content (AvgIpc) is 2.19. The minimum atomic E-state index is 0. The van der Waals surface area contributed by atoms with E-state index in [1.807, 2.05) is 0 Å². The van der Waals surface area contributed by atoms with Gasteiger partial charge in [0.05, 0.1) is 0 Å². The first kappa shape index (κ1) is 13.0. The Hall–Kier alpha value is -0.0500. The van der Waals surface area contributed by atoms with Crippen LogP contribution in [0.5, 0.6) is 0 Å². The molecule has 0 spiro atoms. The topological polar surface area (TPSA) is 12.0 Å². The van der Waals surface area contributed by atoms with Gasteiger partial charge in [-0.15, -0.1) is 12.4 Å². The van der Waals surface area contributed by atoms with Crippen LogP contribution in [-0.4, -0.2) is 6.54 Å². The van der Waals surface area contributed by atoms with E-state index in [4.69, 9.17) is 0 Å². The van der Waals surface area contributed by atoms with Crippen molar-refractivity contribution in [3.63, 3.8) is 0 Å². The number of hydrogen-bond donors (Lipinski definition) is 1. The smallest absolute Gasteiger partial charge is 0.0417 e. The van der Waals surface area contributed by atoms with Gasteiger partial charge < -0.3 is 5.32 Å². The van der Waals surface area contributed by atoms with Crippen molar-refractivity contribution in [1.82, 2.24) is 5.32 Å². The molecule has 1 aromatic carbocycles. The molecule has 1 N–H and O–H groups in total. The molecule has 0 aromatic heterocycles. The molecule has 1 aliphatic rings. The van der Waals surface area contributed by atoms with E-state index in [0.717, 1.165) is 6.54 Å². The molecule has 0 saturated carbocycles. The molecule has 84 valence electrons. The Balaban J connectivity index is 0.00000112. The number of halogens is 2. The van der Waals surface area contributed by atoms with Crippen LogP contribution >= 0.6 is 28.3 Å². The first-order valence-electron chi connectivity index (χ1n) is 5.22. The van der Waals surface area contributed by atoms with Crippen molar-refractivity contribution in [2.45, 2.75) is 31.7 Å². The van der Waals surface area contributed by atoms with Crippen molar-refractivity contribution in [3.05, 3.63) is 34.3 Å². The summed E-state index contributed by atoms with van der Waals surface area (Å²) in [6, 6.07) is 8.51. The molecule has 1 unspecified atom stereocenters. The van der Waals surface area contributed by atoms with E-state index >= 15 is 0 Å². The van der Waals surface area contributed by atoms with Gasteiger partial charge in [0.2, 0.25) is 0 Å². The van der Waals surface area contributed by atoms with Gasteiger partial charge in [-0.05, 0) is 37.9 Å². The van der Waals surface area contributed by atoms with Gasteiger partial charge in [-0.3, -0.25) is 0 Å².